The number of carboxylic acid groups (broad SMARTS) is 1. The zero-order valence-corrected chi connectivity index (χ0v) is 14.5. The molecule has 0 saturated carbocycles. The fourth-order valence-corrected chi connectivity index (χ4v) is 2.38. The summed E-state index contributed by atoms with van der Waals surface area (Å²) in [5.41, 5.74) is 1.14. The van der Waals surface area contributed by atoms with Crippen molar-refractivity contribution in [2.75, 3.05) is 5.32 Å². The largest absolute Gasteiger partial charge is 0.478 e. The molecule has 0 radical (unpaired) electrons. The van der Waals surface area contributed by atoms with E-state index < -0.39 is 5.97 Å². The molecule has 2 aromatic carbocycles. The van der Waals surface area contributed by atoms with E-state index in [9.17, 15) is 9.59 Å². The van der Waals surface area contributed by atoms with E-state index in [2.05, 4.69) is 10.6 Å². The Balaban J connectivity index is 1.97. The molecule has 0 unspecified atom stereocenters. The van der Waals surface area contributed by atoms with Gasteiger partial charge in [0.2, 0.25) is 5.91 Å². The standard InChI is InChI=1S/C16H12Cl2N2O3S/c17-11-4-1-9(2-5-11)7-14(21)20-16(24)19-13-8-10(15(22)23)3-6-12(13)18/h1-6,8H,7H2,(H,22,23)(H2,19,20,21,24). The van der Waals surface area contributed by atoms with Gasteiger partial charge in [-0.15, -0.1) is 0 Å². The normalized spacial score (nSPS) is 10.1. The highest BCUT2D eigenvalue weighted by Crippen LogP contribution is 2.23. The quantitative estimate of drug-likeness (QED) is 0.701. The van der Waals surface area contributed by atoms with Crippen molar-refractivity contribution in [3.63, 3.8) is 0 Å². The van der Waals surface area contributed by atoms with Crippen LogP contribution in [0.1, 0.15) is 15.9 Å². The third kappa shape index (κ3) is 5.19. The van der Waals surface area contributed by atoms with Crippen LogP contribution in [-0.2, 0) is 11.2 Å². The predicted molar refractivity (Wildman–Crippen MR) is 97.9 cm³/mol. The molecular formula is C16H12Cl2N2O3S. The Morgan fingerprint density at radius 1 is 1.08 bits per heavy atom. The summed E-state index contributed by atoms with van der Waals surface area (Å²) in [6.07, 6.45) is 0.127. The van der Waals surface area contributed by atoms with Crippen LogP contribution >= 0.6 is 35.4 Å². The molecule has 0 fully saturated rings. The molecule has 0 aliphatic heterocycles. The van der Waals surface area contributed by atoms with Crippen LogP contribution in [0.2, 0.25) is 10.0 Å². The number of anilines is 1. The van der Waals surface area contributed by atoms with E-state index in [1.807, 2.05) is 0 Å². The van der Waals surface area contributed by atoms with Crippen molar-refractivity contribution in [2.45, 2.75) is 6.42 Å². The van der Waals surface area contributed by atoms with Gasteiger partial charge in [0.1, 0.15) is 0 Å². The van der Waals surface area contributed by atoms with E-state index in [1.54, 1.807) is 24.3 Å². The second kappa shape index (κ2) is 8.10. The molecule has 1 amide bonds. The fraction of sp³-hybridized carbons (Fsp3) is 0.0625. The minimum Gasteiger partial charge on any atom is -0.478 e. The lowest BCUT2D eigenvalue weighted by atomic mass is 10.1. The average molecular weight is 383 g/mol. The van der Waals surface area contributed by atoms with Crippen molar-refractivity contribution >= 4 is 58.1 Å². The molecule has 0 aromatic heterocycles. The summed E-state index contributed by atoms with van der Waals surface area (Å²) in [5.74, 6) is -1.41. The van der Waals surface area contributed by atoms with Crippen LogP contribution in [0.15, 0.2) is 42.5 Å². The van der Waals surface area contributed by atoms with Gasteiger partial charge in [-0.1, -0.05) is 35.3 Å². The Labute approximate surface area is 153 Å². The van der Waals surface area contributed by atoms with Crippen molar-refractivity contribution < 1.29 is 14.7 Å². The van der Waals surface area contributed by atoms with Gasteiger partial charge in [0, 0.05) is 5.02 Å². The van der Waals surface area contributed by atoms with Crippen LogP contribution < -0.4 is 10.6 Å². The van der Waals surface area contributed by atoms with Crippen molar-refractivity contribution in [1.82, 2.24) is 5.32 Å². The van der Waals surface area contributed by atoms with Crippen LogP contribution in [-0.4, -0.2) is 22.1 Å². The first-order chi connectivity index (χ1) is 11.3. The van der Waals surface area contributed by atoms with Crippen molar-refractivity contribution in [1.29, 1.82) is 0 Å². The van der Waals surface area contributed by atoms with Crippen LogP contribution in [0.25, 0.3) is 0 Å². The zero-order valence-electron chi connectivity index (χ0n) is 12.2. The number of nitrogens with one attached hydrogen (secondary N) is 2. The monoisotopic (exact) mass is 382 g/mol. The number of hydrogen-bond acceptors (Lipinski definition) is 3. The number of rotatable bonds is 4. The topological polar surface area (TPSA) is 78.4 Å². The lowest BCUT2D eigenvalue weighted by Gasteiger charge is -2.11. The van der Waals surface area contributed by atoms with Crippen LogP contribution in [0.4, 0.5) is 5.69 Å². The van der Waals surface area contributed by atoms with E-state index in [4.69, 9.17) is 40.5 Å². The first-order valence-electron chi connectivity index (χ1n) is 6.73. The Morgan fingerprint density at radius 2 is 1.75 bits per heavy atom. The third-order valence-corrected chi connectivity index (χ3v) is 3.78. The Kier molecular flexibility index (Phi) is 6.14. The smallest absolute Gasteiger partial charge is 0.335 e. The molecule has 0 aliphatic rings. The number of carbonyl (C=O) groups excluding carboxylic acids is 1. The van der Waals surface area contributed by atoms with Crippen molar-refractivity contribution in [3.05, 3.63) is 63.6 Å². The summed E-state index contributed by atoms with van der Waals surface area (Å²) in [5, 5.41) is 15.1. The number of carbonyl (C=O) groups is 2. The first kappa shape index (κ1) is 18.2. The summed E-state index contributed by atoms with van der Waals surface area (Å²) in [7, 11) is 0. The van der Waals surface area contributed by atoms with Crippen LogP contribution in [0, 0.1) is 0 Å². The van der Waals surface area contributed by atoms with Gasteiger partial charge in [-0.05, 0) is 48.1 Å². The molecule has 0 saturated heterocycles. The molecule has 0 atom stereocenters. The summed E-state index contributed by atoms with van der Waals surface area (Å²) in [6.45, 7) is 0. The number of benzene rings is 2. The van der Waals surface area contributed by atoms with Gasteiger partial charge in [-0.2, -0.15) is 0 Å². The van der Waals surface area contributed by atoms with E-state index >= 15 is 0 Å². The highest BCUT2D eigenvalue weighted by Gasteiger charge is 2.10. The van der Waals surface area contributed by atoms with Gasteiger partial charge in [0.05, 0.1) is 22.7 Å². The average Bonchev–Trinajstić information content (AvgIpc) is 2.51. The summed E-state index contributed by atoms with van der Waals surface area (Å²) < 4.78 is 0. The number of aromatic carboxylic acids is 1. The third-order valence-electron chi connectivity index (χ3n) is 2.99. The molecule has 0 aliphatic carbocycles. The van der Waals surface area contributed by atoms with Gasteiger partial charge in [0.15, 0.2) is 5.11 Å². The van der Waals surface area contributed by atoms with Gasteiger partial charge in [0.25, 0.3) is 0 Å². The zero-order chi connectivity index (χ0) is 17.7. The Bertz CT molecular complexity index is 794. The molecule has 5 nitrogen and oxygen atoms in total. The second-order valence-corrected chi connectivity index (χ2v) is 6.06. The second-order valence-electron chi connectivity index (χ2n) is 4.81. The molecule has 0 heterocycles. The minimum absolute atomic E-state index is 0.0263. The Morgan fingerprint density at radius 3 is 2.38 bits per heavy atom. The first-order valence-corrected chi connectivity index (χ1v) is 7.89. The maximum absolute atomic E-state index is 12.0. The van der Waals surface area contributed by atoms with Gasteiger partial charge in [-0.25, -0.2) is 4.79 Å². The highest BCUT2D eigenvalue weighted by atomic mass is 35.5. The van der Waals surface area contributed by atoms with E-state index in [0.29, 0.717) is 10.7 Å². The van der Waals surface area contributed by atoms with Crippen molar-refractivity contribution in [2.24, 2.45) is 0 Å². The molecule has 3 N–H and O–H groups in total. The molecule has 124 valence electrons. The summed E-state index contributed by atoms with van der Waals surface area (Å²) >= 11 is 16.8. The molecule has 2 rings (SSSR count). The summed E-state index contributed by atoms with van der Waals surface area (Å²) in [4.78, 5) is 22.9. The lowest BCUT2D eigenvalue weighted by molar-refractivity contribution is -0.119. The fourth-order valence-electron chi connectivity index (χ4n) is 1.87. The molecule has 24 heavy (non-hydrogen) atoms. The van der Waals surface area contributed by atoms with Gasteiger partial charge >= 0.3 is 5.97 Å². The number of amides is 1. The maximum atomic E-state index is 12.0. The van der Waals surface area contributed by atoms with Crippen LogP contribution in [0.3, 0.4) is 0 Å². The number of carboxylic acids is 1. The van der Waals surface area contributed by atoms with E-state index in [1.165, 1.54) is 18.2 Å². The highest BCUT2D eigenvalue weighted by molar-refractivity contribution is 7.80. The van der Waals surface area contributed by atoms with Gasteiger partial charge in [-0.3, -0.25) is 4.79 Å². The van der Waals surface area contributed by atoms with Crippen molar-refractivity contribution in [3.8, 4) is 0 Å². The number of hydrogen-bond donors (Lipinski definition) is 3. The SMILES string of the molecule is O=C(Cc1ccc(Cl)cc1)NC(=S)Nc1cc(C(=O)O)ccc1Cl. The van der Waals surface area contributed by atoms with Crippen LogP contribution in [0.5, 0.6) is 0 Å². The molecular weight excluding hydrogens is 371 g/mol. The van der Waals surface area contributed by atoms with Gasteiger partial charge < -0.3 is 15.7 Å². The Hall–Kier alpha value is -2.15. The predicted octanol–water partition coefficient (Wildman–Crippen LogP) is 3.75. The van der Waals surface area contributed by atoms with E-state index in [0.717, 1.165) is 5.56 Å². The molecule has 0 bridgehead atoms. The molecule has 8 heteroatoms. The minimum atomic E-state index is -1.09. The number of halogens is 2. The lowest BCUT2D eigenvalue weighted by Crippen LogP contribution is -2.35. The summed E-state index contributed by atoms with van der Waals surface area (Å²) in [6, 6.07) is 11.0. The molecule has 2 aromatic rings. The van der Waals surface area contributed by atoms with E-state index in [-0.39, 0.29) is 28.0 Å². The number of thiocarbonyl (C=S) groups is 1. The maximum Gasteiger partial charge on any atom is 0.335 e. The molecule has 0 spiro atoms.